The quantitative estimate of drug-likeness (QED) is 0.442. The average molecular weight is 274 g/mol. The zero-order valence-electron chi connectivity index (χ0n) is 13.0. The molecule has 0 saturated heterocycles. The Morgan fingerprint density at radius 2 is 2.11 bits per heavy atom. The highest BCUT2D eigenvalue weighted by Gasteiger charge is 2.09. The molecule has 0 spiro atoms. The fourth-order valence-electron chi connectivity index (χ4n) is 1.66. The molecule has 0 aromatic heterocycles. The number of nitrogens with zero attached hydrogens (tertiary/aromatic N) is 2. The molecular formula is C13H30N4O2. The van der Waals surface area contributed by atoms with E-state index in [1.165, 1.54) is 0 Å². The fraction of sp³-hybridized carbons (Fsp3) is 0.923. The van der Waals surface area contributed by atoms with Gasteiger partial charge in [0.1, 0.15) is 0 Å². The Kier molecular flexibility index (Phi) is 10.5. The van der Waals surface area contributed by atoms with Gasteiger partial charge in [-0.2, -0.15) is 0 Å². The molecule has 6 heteroatoms. The highest BCUT2D eigenvalue weighted by molar-refractivity contribution is 5.78. The van der Waals surface area contributed by atoms with Crippen molar-refractivity contribution in [3.05, 3.63) is 0 Å². The van der Waals surface area contributed by atoms with Crippen LogP contribution in [0.1, 0.15) is 20.3 Å². The van der Waals surface area contributed by atoms with Crippen molar-refractivity contribution in [3.8, 4) is 0 Å². The third-order valence-electron chi connectivity index (χ3n) is 2.58. The van der Waals surface area contributed by atoms with Gasteiger partial charge in [-0.05, 0) is 34.4 Å². The Balaban J connectivity index is 4.11. The second-order valence-electron chi connectivity index (χ2n) is 4.90. The molecule has 0 aromatic carbocycles. The molecule has 2 atom stereocenters. The summed E-state index contributed by atoms with van der Waals surface area (Å²) in [5, 5.41) is 3.08. The lowest BCUT2D eigenvalue weighted by atomic mass is 10.2. The fourth-order valence-corrected chi connectivity index (χ4v) is 1.66. The molecule has 0 aromatic rings. The number of hydrogen-bond donors (Lipinski definition) is 2. The molecule has 0 aliphatic rings. The molecule has 6 nitrogen and oxygen atoms in total. The van der Waals surface area contributed by atoms with E-state index < -0.39 is 0 Å². The number of rotatable bonds is 10. The number of hydrogen-bond acceptors (Lipinski definition) is 4. The first-order chi connectivity index (χ1) is 8.99. The first-order valence-electron chi connectivity index (χ1n) is 6.81. The Hall–Kier alpha value is -0.850. The second kappa shape index (κ2) is 11.0. The predicted molar refractivity (Wildman–Crippen MR) is 79.5 cm³/mol. The van der Waals surface area contributed by atoms with E-state index in [2.05, 4.69) is 29.3 Å². The van der Waals surface area contributed by atoms with Gasteiger partial charge in [-0.3, -0.25) is 4.99 Å². The molecule has 0 rings (SSSR count). The van der Waals surface area contributed by atoms with Gasteiger partial charge in [0, 0.05) is 26.3 Å². The summed E-state index contributed by atoms with van der Waals surface area (Å²) in [4.78, 5) is 6.46. The minimum absolute atomic E-state index is 0.116. The van der Waals surface area contributed by atoms with E-state index in [-0.39, 0.29) is 12.1 Å². The molecule has 0 aliphatic heterocycles. The first kappa shape index (κ1) is 18.1. The van der Waals surface area contributed by atoms with Gasteiger partial charge in [0.15, 0.2) is 5.96 Å². The number of nitrogens with two attached hydrogens (primary N) is 1. The monoisotopic (exact) mass is 274 g/mol. The molecular weight excluding hydrogens is 244 g/mol. The number of guanidine groups is 1. The minimum atomic E-state index is 0.116. The molecule has 3 N–H and O–H groups in total. The maximum Gasteiger partial charge on any atom is 0.188 e. The summed E-state index contributed by atoms with van der Waals surface area (Å²) in [6.45, 7) is 6.85. The van der Waals surface area contributed by atoms with Crippen LogP contribution in [0, 0.1) is 0 Å². The molecule has 19 heavy (non-hydrogen) atoms. The number of nitrogens with one attached hydrogen (secondary N) is 1. The summed E-state index contributed by atoms with van der Waals surface area (Å²) in [6.07, 6.45) is 1.07. The Labute approximate surface area is 117 Å². The molecule has 0 fully saturated rings. The second-order valence-corrected chi connectivity index (χ2v) is 4.90. The topological polar surface area (TPSA) is 72.1 Å². The van der Waals surface area contributed by atoms with Crippen LogP contribution in [0.4, 0.5) is 0 Å². The molecule has 2 unspecified atom stereocenters. The summed E-state index contributed by atoms with van der Waals surface area (Å²) in [5.41, 5.74) is 5.82. The molecule has 0 heterocycles. The van der Waals surface area contributed by atoms with Gasteiger partial charge < -0.3 is 25.4 Å². The Morgan fingerprint density at radius 3 is 2.63 bits per heavy atom. The van der Waals surface area contributed by atoms with Crippen molar-refractivity contribution in [2.45, 2.75) is 32.4 Å². The van der Waals surface area contributed by atoms with E-state index in [0.717, 1.165) is 13.0 Å². The van der Waals surface area contributed by atoms with Gasteiger partial charge in [-0.15, -0.1) is 0 Å². The van der Waals surface area contributed by atoms with E-state index in [1.54, 1.807) is 7.11 Å². The molecule has 0 amide bonds. The van der Waals surface area contributed by atoms with E-state index in [0.29, 0.717) is 25.7 Å². The van der Waals surface area contributed by atoms with Gasteiger partial charge in [0.25, 0.3) is 0 Å². The van der Waals surface area contributed by atoms with Crippen LogP contribution in [0.5, 0.6) is 0 Å². The SMILES string of the molecule is CCOC(CCN(C)C)CN=C(N)NC(C)COC. The van der Waals surface area contributed by atoms with E-state index in [4.69, 9.17) is 15.2 Å². The molecule has 0 aliphatic carbocycles. The Bertz CT molecular complexity index is 247. The van der Waals surface area contributed by atoms with Crippen molar-refractivity contribution in [1.29, 1.82) is 0 Å². The van der Waals surface area contributed by atoms with Crippen LogP contribution >= 0.6 is 0 Å². The highest BCUT2D eigenvalue weighted by Crippen LogP contribution is 2.00. The summed E-state index contributed by atoms with van der Waals surface area (Å²) in [7, 11) is 5.76. The normalized spacial score (nSPS) is 15.6. The Morgan fingerprint density at radius 1 is 1.42 bits per heavy atom. The van der Waals surface area contributed by atoms with E-state index in [1.807, 2.05) is 13.8 Å². The summed E-state index contributed by atoms with van der Waals surface area (Å²) in [5.74, 6) is 0.444. The zero-order chi connectivity index (χ0) is 14.7. The van der Waals surface area contributed by atoms with Gasteiger partial charge in [0.05, 0.1) is 19.3 Å². The van der Waals surface area contributed by atoms with Crippen LogP contribution in [0.15, 0.2) is 4.99 Å². The number of methoxy groups -OCH3 is 1. The zero-order valence-corrected chi connectivity index (χ0v) is 13.0. The molecule has 114 valence electrons. The van der Waals surface area contributed by atoms with Gasteiger partial charge >= 0.3 is 0 Å². The molecule has 0 radical (unpaired) electrons. The lowest BCUT2D eigenvalue weighted by Crippen LogP contribution is -2.41. The smallest absolute Gasteiger partial charge is 0.188 e. The van der Waals surface area contributed by atoms with Crippen molar-refractivity contribution in [2.75, 3.05) is 47.5 Å². The molecule has 0 bridgehead atoms. The van der Waals surface area contributed by atoms with E-state index >= 15 is 0 Å². The maximum atomic E-state index is 5.82. The van der Waals surface area contributed by atoms with Crippen LogP contribution in [-0.2, 0) is 9.47 Å². The van der Waals surface area contributed by atoms with Crippen molar-refractivity contribution in [2.24, 2.45) is 10.7 Å². The van der Waals surface area contributed by atoms with Crippen LogP contribution in [0.3, 0.4) is 0 Å². The van der Waals surface area contributed by atoms with Gasteiger partial charge in [0.2, 0.25) is 0 Å². The first-order valence-corrected chi connectivity index (χ1v) is 6.81. The largest absolute Gasteiger partial charge is 0.383 e. The summed E-state index contributed by atoms with van der Waals surface area (Å²) >= 11 is 0. The lowest BCUT2D eigenvalue weighted by Gasteiger charge is -2.18. The van der Waals surface area contributed by atoms with Crippen LogP contribution in [0.25, 0.3) is 0 Å². The molecule has 0 saturated carbocycles. The van der Waals surface area contributed by atoms with Crippen LogP contribution in [-0.4, -0.2) is 70.5 Å². The van der Waals surface area contributed by atoms with Crippen molar-refractivity contribution in [3.63, 3.8) is 0 Å². The summed E-state index contributed by atoms with van der Waals surface area (Å²) in [6, 6.07) is 0.154. The standard InChI is InChI=1S/C13H30N4O2/c1-6-19-12(7-8-17(3)4)9-15-13(14)16-11(2)10-18-5/h11-12H,6-10H2,1-5H3,(H3,14,15,16). The number of ether oxygens (including phenoxy) is 2. The van der Waals surface area contributed by atoms with Crippen molar-refractivity contribution < 1.29 is 9.47 Å². The predicted octanol–water partition coefficient (Wildman–Crippen LogP) is 0.282. The van der Waals surface area contributed by atoms with Gasteiger partial charge in [-0.1, -0.05) is 0 Å². The lowest BCUT2D eigenvalue weighted by molar-refractivity contribution is 0.0582. The maximum absolute atomic E-state index is 5.82. The number of aliphatic imine (C=N–C) groups is 1. The highest BCUT2D eigenvalue weighted by atomic mass is 16.5. The third kappa shape index (κ3) is 10.7. The van der Waals surface area contributed by atoms with Crippen LogP contribution in [0.2, 0.25) is 0 Å². The van der Waals surface area contributed by atoms with Crippen LogP contribution < -0.4 is 11.1 Å². The third-order valence-corrected chi connectivity index (χ3v) is 2.58. The van der Waals surface area contributed by atoms with E-state index in [9.17, 15) is 0 Å². The van der Waals surface area contributed by atoms with Gasteiger partial charge in [-0.25, -0.2) is 0 Å². The van der Waals surface area contributed by atoms with Crippen molar-refractivity contribution in [1.82, 2.24) is 10.2 Å². The van der Waals surface area contributed by atoms with Crippen molar-refractivity contribution >= 4 is 5.96 Å². The minimum Gasteiger partial charge on any atom is -0.383 e. The summed E-state index contributed by atoms with van der Waals surface area (Å²) < 4.78 is 10.7. The average Bonchev–Trinajstić information content (AvgIpc) is 2.32.